The van der Waals surface area contributed by atoms with E-state index < -0.39 is 11.9 Å². The minimum Gasteiger partial charge on any atom is -0.494 e. The Morgan fingerprint density at radius 3 is 2.75 bits per heavy atom. The number of carbonyl (C=O) groups is 2. The summed E-state index contributed by atoms with van der Waals surface area (Å²) in [5.41, 5.74) is 0.494. The van der Waals surface area contributed by atoms with E-state index in [0.29, 0.717) is 17.9 Å². The standard InChI is InChI=1S/C15H19NO4/c1-3-4-8-20-13-7-5-6-12(9-13)10-14(15(18)19)16-11(2)17/h5-7,9-10H,3-4,8H2,1-2H3,(H,16,17)(H,18,19)/b14-10+. The van der Waals surface area contributed by atoms with Gasteiger partial charge in [-0.25, -0.2) is 4.79 Å². The molecule has 2 N–H and O–H groups in total. The van der Waals surface area contributed by atoms with Crippen molar-refractivity contribution in [1.82, 2.24) is 5.32 Å². The molecule has 0 atom stereocenters. The number of nitrogens with one attached hydrogen (secondary N) is 1. The fourth-order valence-corrected chi connectivity index (χ4v) is 1.54. The molecule has 1 amide bonds. The molecule has 0 saturated carbocycles. The molecule has 0 heterocycles. The summed E-state index contributed by atoms with van der Waals surface area (Å²) in [6.07, 6.45) is 3.41. The third-order valence-electron chi connectivity index (χ3n) is 2.48. The van der Waals surface area contributed by atoms with Gasteiger partial charge in [-0.2, -0.15) is 0 Å². The predicted octanol–water partition coefficient (Wildman–Crippen LogP) is 2.43. The minimum absolute atomic E-state index is 0.164. The Balaban J connectivity index is 2.86. The fraction of sp³-hybridized carbons (Fsp3) is 0.333. The first-order valence-corrected chi connectivity index (χ1v) is 6.48. The van der Waals surface area contributed by atoms with Gasteiger partial charge >= 0.3 is 5.97 Å². The maximum absolute atomic E-state index is 11.0. The molecule has 108 valence electrons. The van der Waals surface area contributed by atoms with Crippen LogP contribution in [-0.4, -0.2) is 23.6 Å². The van der Waals surface area contributed by atoms with Gasteiger partial charge in [-0.1, -0.05) is 25.5 Å². The highest BCUT2D eigenvalue weighted by Crippen LogP contribution is 2.16. The second-order valence-electron chi connectivity index (χ2n) is 4.32. The third-order valence-corrected chi connectivity index (χ3v) is 2.48. The van der Waals surface area contributed by atoms with Gasteiger partial charge in [0.15, 0.2) is 0 Å². The smallest absolute Gasteiger partial charge is 0.352 e. The molecule has 0 saturated heterocycles. The molecule has 20 heavy (non-hydrogen) atoms. The number of aliphatic carboxylic acids is 1. The molecule has 0 fully saturated rings. The van der Waals surface area contributed by atoms with E-state index in [1.165, 1.54) is 13.0 Å². The lowest BCUT2D eigenvalue weighted by Crippen LogP contribution is -2.24. The monoisotopic (exact) mass is 277 g/mol. The lowest BCUT2D eigenvalue weighted by Gasteiger charge is -2.07. The van der Waals surface area contributed by atoms with Crippen LogP contribution < -0.4 is 10.1 Å². The number of carboxylic acid groups (broad SMARTS) is 1. The average molecular weight is 277 g/mol. The van der Waals surface area contributed by atoms with Crippen molar-refractivity contribution in [2.24, 2.45) is 0 Å². The molecule has 5 nitrogen and oxygen atoms in total. The maximum Gasteiger partial charge on any atom is 0.352 e. The molecule has 0 aliphatic carbocycles. The van der Waals surface area contributed by atoms with Crippen molar-refractivity contribution in [3.63, 3.8) is 0 Å². The summed E-state index contributed by atoms with van der Waals surface area (Å²) in [5.74, 6) is -0.925. The Kier molecular flexibility index (Phi) is 6.29. The van der Waals surface area contributed by atoms with Gasteiger partial charge in [-0.15, -0.1) is 0 Å². The Hall–Kier alpha value is -2.30. The largest absolute Gasteiger partial charge is 0.494 e. The Morgan fingerprint density at radius 2 is 2.15 bits per heavy atom. The van der Waals surface area contributed by atoms with Crippen LogP contribution in [0.4, 0.5) is 0 Å². The van der Waals surface area contributed by atoms with Gasteiger partial charge in [-0.3, -0.25) is 4.79 Å². The second kappa shape index (κ2) is 7.99. The van der Waals surface area contributed by atoms with Gasteiger partial charge in [0.1, 0.15) is 11.4 Å². The van der Waals surface area contributed by atoms with E-state index in [2.05, 4.69) is 12.2 Å². The summed E-state index contributed by atoms with van der Waals surface area (Å²) in [7, 11) is 0. The first-order chi connectivity index (χ1) is 9.52. The van der Waals surface area contributed by atoms with Crippen molar-refractivity contribution in [3.05, 3.63) is 35.5 Å². The van der Waals surface area contributed by atoms with E-state index in [9.17, 15) is 9.59 Å². The van der Waals surface area contributed by atoms with Gasteiger partial charge in [-0.05, 0) is 30.2 Å². The molecule has 0 aliphatic rings. The summed E-state index contributed by atoms with van der Waals surface area (Å²) in [6, 6.07) is 7.07. The molecule has 0 unspecified atom stereocenters. The molecule has 1 aromatic rings. The first kappa shape index (κ1) is 15.8. The number of rotatable bonds is 7. The van der Waals surface area contributed by atoms with Crippen LogP contribution in [0.5, 0.6) is 5.75 Å². The number of amides is 1. The number of hydrogen-bond acceptors (Lipinski definition) is 3. The van der Waals surface area contributed by atoms with Gasteiger partial charge in [0.05, 0.1) is 6.61 Å². The number of benzene rings is 1. The Labute approximate surface area is 118 Å². The van der Waals surface area contributed by atoms with E-state index in [1.54, 1.807) is 18.2 Å². The van der Waals surface area contributed by atoms with Crippen molar-refractivity contribution in [2.45, 2.75) is 26.7 Å². The van der Waals surface area contributed by atoms with Crippen LogP contribution in [0.1, 0.15) is 32.3 Å². The molecular formula is C15H19NO4. The van der Waals surface area contributed by atoms with E-state index in [1.807, 2.05) is 6.07 Å². The van der Waals surface area contributed by atoms with Crippen LogP contribution in [-0.2, 0) is 9.59 Å². The van der Waals surface area contributed by atoms with Crippen LogP contribution in [0, 0.1) is 0 Å². The zero-order valence-corrected chi connectivity index (χ0v) is 11.7. The normalized spacial score (nSPS) is 11.0. The summed E-state index contributed by atoms with van der Waals surface area (Å²) >= 11 is 0. The fourth-order valence-electron chi connectivity index (χ4n) is 1.54. The summed E-state index contributed by atoms with van der Waals surface area (Å²) in [6.45, 7) is 3.97. The highest BCUT2D eigenvalue weighted by atomic mass is 16.5. The number of unbranched alkanes of at least 4 members (excludes halogenated alkanes) is 1. The quantitative estimate of drug-likeness (QED) is 0.593. The number of carboxylic acids is 1. The van der Waals surface area contributed by atoms with Crippen LogP contribution in [0.3, 0.4) is 0 Å². The zero-order valence-electron chi connectivity index (χ0n) is 11.7. The maximum atomic E-state index is 11.0. The molecule has 1 aromatic carbocycles. The Morgan fingerprint density at radius 1 is 1.40 bits per heavy atom. The molecule has 0 aromatic heterocycles. The number of ether oxygens (including phenoxy) is 1. The van der Waals surface area contributed by atoms with Crippen LogP contribution >= 0.6 is 0 Å². The molecule has 0 bridgehead atoms. The van der Waals surface area contributed by atoms with E-state index in [0.717, 1.165) is 12.8 Å². The van der Waals surface area contributed by atoms with Gasteiger partial charge in [0.25, 0.3) is 0 Å². The van der Waals surface area contributed by atoms with E-state index in [-0.39, 0.29) is 5.70 Å². The SMILES string of the molecule is CCCCOc1cccc(/C=C(/NC(C)=O)C(=O)O)c1. The summed E-state index contributed by atoms with van der Waals surface area (Å²) in [4.78, 5) is 22.0. The second-order valence-corrected chi connectivity index (χ2v) is 4.32. The van der Waals surface area contributed by atoms with Crippen molar-refractivity contribution < 1.29 is 19.4 Å². The van der Waals surface area contributed by atoms with Crippen LogP contribution in [0.15, 0.2) is 30.0 Å². The lowest BCUT2D eigenvalue weighted by molar-refractivity contribution is -0.134. The van der Waals surface area contributed by atoms with E-state index in [4.69, 9.17) is 9.84 Å². The molecule has 0 radical (unpaired) electrons. The highest BCUT2D eigenvalue weighted by molar-refractivity contribution is 5.96. The molecular weight excluding hydrogens is 258 g/mol. The summed E-state index contributed by atoms with van der Waals surface area (Å²) < 4.78 is 5.55. The zero-order chi connectivity index (χ0) is 15.0. The molecule has 0 aliphatic heterocycles. The molecule has 5 heteroatoms. The number of carbonyl (C=O) groups excluding carboxylic acids is 1. The highest BCUT2D eigenvalue weighted by Gasteiger charge is 2.08. The summed E-state index contributed by atoms with van der Waals surface area (Å²) in [5, 5.41) is 11.3. The van der Waals surface area contributed by atoms with Gasteiger partial charge in [0, 0.05) is 6.92 Å². The van der Waals surface area contributed by atoms with E-state index >= 15 is 0 Å². The predicted molar refractivity (Wildman–Crippen MR) is 76.3 cm³/mol. The number of hydrogen-bond donors (Lipinski definition) is 2. The van der Waals surface area contributed by atoms with Gasteiger partial charge < -0.3 is 15.2 Å². The lowest BCUT2D eigenvalue weighted by atomic mass is 10.2. The van der Waals surface area contributed by atoms with Gasteiger partial charge in [0.2, 0.25) is 5.91 Å². The topological polar surface area (TPSA) is 75.6 Å². The first-order valence-electron chi connectivity index (χ1n) is 6.48. The van der Waals surface area contributed by atoms with Crippen molar-refractivity contribution in [2.75, 3.05) is 6.61 Å². The van der Waals surface area contributed by atoms with Crippen LogP contribution in [0.25, 0.3) is 6.08 Å². The van der Waals surface area contributed by atoms with Crippen molar-refractivity contribution >= 4 is 18.0 Å². The van der Waals surface area contributed by atoms with Crippen molar-refractivity contribution in [3.8, 4) is 5.75 Å². The average Bonchev–Trinajstić information content (AvgIpc) is 2.38. The third kappa shape index (κ3) is 5.56. The van der Waals surface area contributed by atoms with Crippen molar-refractivity contribution in [1.29, 1.82) is 0 Å². The minimum atomic E-state index is -1.18. The molecule has 1 rings (SSSR count). The van der Waals surface area contributed by atoms with Crippen LogP contribution in [0.2, 0.25) is 0 Å². The Bertz CT molecular complexity index is 508. The molecule has 0 spiro atoms.